The maximum atomic E-state index is 13.9. The summed E-state index contributed by atoms with van der Waals surface area (Å²) in [6, 6.07) is 5.74. The molecule has 0 saturated carbocycles. The van der Waals surface area contributed by atoms with Gasteiger partial charge in [-0.2, -0.15) is 0 Å². The van der Waals surface area contributed by atoms with Gasteiger partial charge in [-0.25, -0.2) is 14.2 Å². The van der Waals surface area contributed by atoms with Gasteiger partial charge < -0.3 is 0 Å². The van der Waals surface area contributed by atoms with Crippen molar-refractivity contribution in [2.24, 2.45) is 5.84 Å². The van der Waals surface area contributed by atoms with Gasteiger partial charge >= 0.3 is 0 Å². The Bertz CT molecular complexity index is 588. The van der Waals surface area contributed by atoms with Crippen molar-refractivity contribution in [1.29, 1.82) is 0 Å². The number of hydrazine groups is 1. The Morgan fingerprint density at radius 3 is 2.84 bits per heavy atom. The third kappa shape index (κ3) is 2.18. The number of aryl methyl sites for hydroxylation is 2. The van der Waals surface area contributed by atoms with E-state index in [2.05, 4.69) is 11.5 Å². The molecule has 0 radical (unpaired) electrons. The van der Waals surface area contributed by atoms with Crippen LogP contribution in [0.4, 0.5) is 8.78 Å². The van der Waals surface area contributed by atoms with Crippen molar-refractivity contribution in [2.75, 3.05) is 0 Å². The molecule has 0 saturated heterocycles. The van der Waals surface area contributed by atoms with Gasteiger partial charge in [-0.3, -0.25) is 5.84 Å². The van der Waals surface area contributed by atoms with Crippen LogP contribution in [0.2, 0.25) is 0 Å². The van der Waals surface area contributed by atoms with Crippen LogP contribution in [0.5, 0.6) is 0 Å². The minimum atomic E-state index is -0.846. The van der Waals surface area contributed by atoms with Gasteiger partial charge in [-0.05, 0) is 37.0 Å². The Balaban J connectivity index is 2.02. The fraction of sp³-hybridized carbons (Fsp3) is 0.286. The molecule has 0 fully saturated rings. The molecule has 3 rings (SSSR count). The van der Waals surface area contributed by atoms with Crippen molar-refractivity contribution < 1.29 is 8.78 Å². The fourth-order valence-electron chi connectivity index (χ4n) is 2.56. The van der Waals surface area contributed by atoms with Crippen molar-refractivity contribution in [3.63, 3.8) is 0 Å². The standard InChI is InChI=1S/C14H14F2N2S/c15-10-5-2-4-9(13(10)16)14(18-17)12-7-8-3-1-6-11(8)19-12/h2,4-5,7,14,18H,1,3,6,17H2. The molecule has 1 heterocycles. The van der Waals surface area contributed by atoms with Crippen LogP contribution in [0.25, 0.3) is 0 Å². The van der Waals surface area contributed by atoms with Crippen LogP contribution in [0.3, 0.4) is 0 Å². The highest BCUT2D eigenvalue weighted by molar-refractivity contribution is 7.12. The smallest absolute Gasteiger partial charge is 0.164 e. The molecule has 1 aliphatic rings. The van der Waals surface area contributed by atoms with Gasteiger partial charge in [0.25, 0.3) is 0 Å². The maximum absolute atomic E-state index is 13.9. The van der Waals surface area contributed by atoms with E-state index in [9.17, 15) is 8.78 Å². The predicted molar refractivity (Wildman–Crippen MR) is 71.9 cm³/mol. The summed E-state index contributed by atoms with van der Waals surface area (Å²) in [5, 5.41) is 0. The molecule has 0 aliphatic heterocycles. The number of thiophene rings is 1. The van der Waals surface area contributed by atoms with Crippen molar-refractivity contribution in [1.82, 2.24) is 5.43 Å². The molecule has 1 aliphatic carbocycles. The number of nitrogens with two attached hydrogens (primary N) is 1. The fourth-order valence-corrected chi connectivity index (χ4v) is 3.90. The molecule has 100 valence electrons. The maximum Gasteiger partial charge on any atom is 0.164 e. The molecule has 19 heavy (non-hydrogen) atoms. The quantitative estimate of drug-likeness (QED) is 0.670. The molecule has 1 aromatic heterocycles. The van der Waals surface area contributed by atoms with E-state index >= 15 is 0 Å². The van der Waals surface area contributed by atoms with Crippen LogP contribution in [-0.4, -0.2) is 0 Å². The van der Waals surface area contributed by atoms with E-state index in [0.717, 1.165) is 23.8 Å². The molecule has 1 atom stereocenters. The Labute approximate surface area is 114 Å². The molecular weight excluding hydrogens is 266 g/mol. The van der Waals surface area contributed by atoms with E-state index in [1.807, 2.05) is 0 Å². The normalized spacial score (nSPS) is 15.5. The van der Waals surface area contributed by atoms with Crippen molar-refractivity contribution >= 4 is 11.3 Å². The molecule has 0 amide bonds. The molecule has 0 spiro atoms. The van der Waals surface area contributed by atoms with Crippen molar-refractivity contribution in [3.05, 3.63) is 56.8 Å². The highest BCUT2D eigenvalue weighted by atomic mass is 32.1. The van der Waals surface area contributed by atoms with E-state index in [1.165, 1.54) is 22.9 Å². The average molecular weight is 280 g/mol. The summed E-state index contributed by atoms with van der Waals surface area (Å²) in [5.41, 5.74) is 4.16. The number of rotatable bonds is 3. The van der Waals surface area contributed by atoms with Crippen LogP contribution in [0.1, 0.15) is 33.3 Å². The summed E-state index contributed by atoms with van der Waals surface area (Å²) in [5.74, 6) is 3.86. The highest BCUT2D eigenvalue weighted by Crippen LogP contribution is 2.36. The predicted octanol–water partition coefficient (Wildman–Crippen LogP) is 3.07. The summed E-state index contributed by atoms with van der Waals surface area (Å²) in [4.78, 5) is 2.28. The summed E-state index contributed by atoms with van der Waals surface area (Å²) in [6.07, 6.45) is 3.31. The number of hydrogen-bond donors (Lipinski definition) is 2. The number of benzene rings is 1. The molecule has 1 aromatic carbocycles. The van der Waals surface area contributed by atoms with Crippen LogP contribution >= 0.6 is 11.3 Å². The Morgan fingerprint density at radius 2 is 2.11 bits per heavy atom. The minimum absolute atomic E-state index is 0.252. The third-order valence-electron chi connectivity index (χ3n) is 3.51. The summed E-state index contributed by atoms with van der Waals surface area (Å²) in [7, 11) is 0. The number of fused-ring (bicyclic) bond motifs is 1. The van der Waals surface area contributed by atoms with E-state index in [-0.39, 0.29) is 5.56 Å². The summed E-state index contributed by atoms with van der Waals surface area (Å²) < 4.78 is 27.2. The minimum Gasteiger partial charge on any atom is -0.271 e. The van der Waals surface area contributed by atoms with E-state index < -0.39 is 17.7 Å². The zero-order valence-electron chi connectivity index (χ0n) is 10.2. The van der Waals surface area contributed by atoms with Crippen LogP contribution in [-0.2, 0) is 12.8 Å². The lowest BCUT2D eigenvalue weighted by molar-refractivity contribution is 0.484. The van der Waals surface area contributed by atoms with Gasteiger partial charge in [0.15, 0.2) is 11.6 Å². The van der Waals surface area contributed by atoms with Crippen LogP contribution in [0, 0.1) is 11.6 Å². The van der Waals surface area contributed by atoms with E-state index in [1.54, 1.807) is 17.4 Å². The lowest BCUT2D eigenvalue weighted by atomic mass is 10.0. The number of hydrogen-bond acceptors (Lipinski definition) is 3. The van der Waals surface area contributed by atoms with Gasteiger partial charge in [0.2, 0.25) is 0 Å². The van der Waals surface area contributed by atoms with Crippen LogP contribution in [0.15, 0.2) is 24.3 Å². The van der Waals surface area contributed by atoms with Crippen molar-refractivity contribution in [2.45, 2.75) is 25.3 Å². The molecule has 1 unspecified atom stereocenters. The second kappa shape index (κ2) is 5.00. The summed E-state index contributed by atoms with van der Waals surface area (Å²) in [6.45, 7) is 0. The topological polar surface area (TPSA) is 38.0 Å². The van der Waals surface area contributed by atoms with E-state index in [4.69, 9.17) is 5.84 Å². The number of nitrogens with one attached hydrogen (secondary N) is 1. The highest BCUT2D eigenvalue weighted by Gasteiger charge is 2.23. The molecule has 2 nitrogen and oxygen atoms in total. The first-order valence-corrected chi connectivity index (χ1v) is 7.04. The molecule has 2 aromatic rings. The largest absolute Gasteiger partial charge is 0.271 e. The van der Waals surface area contributed by atoms with Gasteiger partial charge in [0, 0.05) is 15.3 Å². The van der Waals surface area contributed by atoms with Gasteiger partial charge in [-0.1, -0.05) is 12.1 Å². The van der Waals surface area contributed by atoms with Gasteiger partial charge in [-0.15, -0.1) is 11.3 Å². The summed E-state index contributed by atoms with van der Waals surface area (Å²) >= 11 is 1.63. The van der Waals surface area contributed by atoms with Crippen molar-refractivity contribution in [3.8, 4) is 0 Å². The molecular formula is C14H14F2N2S. The van der Waals surface area contributed by atoms with E-state index in [0.29, 0.717) is 0 Å². The SMILES string of the molecule is NNC(c1cc2c(s1)CCC2)c1cccc(F)c1F. The zero-order valence-corrected chi connectivity index (χ0v) is 11.1. The zero-order chi connectivity index (χ0) is 13.4. The first-order chi connectivity index (χ1) is 9.20. The Kier molecular flexibility index (Phi) is 3.35. The van der Waals surface area contributed by atoms with Crippen LogP contribution < -0.4 is 11.3 Å². The Morgan fingerprint density at radius 1 is 1.26 bits per heavy atom. The Hall–Kier alpha value is -1.30. The number of halogens is 2. The third-order valence-corrected chi connectivity index (χ3v) is 4.81. The molecule has 5 heteroatoms. The lowest BCUT2D eigenvalue weighted by Crippen LogP contribution is -2.29. The lowest BCUT2D eigenvalue weighted by Gasteiger charge is -2.15. The molecule has 3 N–H and O–H groups in total. The van der Waals surface area contributed by atoms with Gasteiger partial charge in [0.1, 0.15) is 0 Å². The monoisotopic (exact) mass is 280 g/mol. The average Bonchev–Trinajstić information content (AvgIpc) is 2.96. The molecule has 0 bridgehead atoms. The second-order valence-electron chi connectivity index (χ2n) is 4.69. The first kappa shape index (κ1) is 12.7. The van der Waals surface area contributed by atoms with Gasteiger partial charge in [0.05, 0.1) is 6.04 Å². The second-order valence-corrected chi connectivity index (χ2v) is 5.86. The first-order valence-electron chi connectivity index (χ1n) is 6.22.